The van der Waals surface area contributed by atoms with E-state index in [1.807, 2.05) is 37.3 Å². The van der Waals surface area contributed by atoms with E-state index >= 15 is 0 Å². The molecular weight excluding hydrogens is 368 g/mol. The van der Waals surface area contributed by atoms with Crippen molar-refractivity contribution in [3.8, 4) is 5.88 Å². The fourth-order valence-electron chi connectivity index (χ4n) is 2.42. The van der Waals surface area contributed by atoms with Crippen LogP contribution in [0.15, 0.2) is 67.1 Å². The fraction of sp³-hybridized carbons (Fsp3) is 0.143. The van der Waals surface area contributed by atoms with Crippen molar-refractivity contribution < 1.29 is 9.53 Å². The molecule has 4 N–H and O–H groups in total. The summed E-state index contributed by atoms with van der Waals surface area (Å²) in [6.07, 6.45) is 4.43. The van der Waals surface area contributed by atoms with E-state index in [4.69, 9.17) is 10.5 Å². The monoisotopic (exact) mass is 390 g/mol. The Morgan fingerprint density at radius 1 is 1.17 bits per heavy atom. The normalized spacial score (nSPS) is 10.2. The quantitative estimate of drug-likeness (QED) is 0.506. The molecule has 0 spiro atoms. The number of carbonyl (C=O) groups excluding carboxylic acids is 1. The van der Waals surface area contributed by atoms with E-state index in [0.29, 0.717) is 30.5 Å². The molecule has 0 aliphatic carbocycles. The van der Waals surface area contributed by atoms with Gasteiger partial charge in [0.05, 0.1) is 18.1 Å². The maximum atomic E-state index is 12.4. The second-order valence-corrected chi connectivity index (χ2v) is 6.43. The number of anilines is 3. The second kappa shape index (κ2) is 9.32. The van der Waals surface area contributed by atoms with Crippen LogP contribution in [0, 0.1) is 0 Å². The van der Waals surface area contributed by atoms with Gasteiger partial charge in [-0.2, -0.15) is 0 Å². The Hall–Kier alpha value is -3.94. The summed E-state index contributed by atoms with van der Waals surface area (Å²) in [5, 5.41) is 6.04. The van der Waals surface area contributed by atoms with Gasteiger partial charge in [-0.05, 0) is 42.3 Å². The number of hydrogen-bond donors (Lipinski definition) is 3. The van der Waals surface area contributed by atoms with Gasteiger partial charge in [0.25, 0.3) is 5.91 Å². The predicted molar refractivity (Wildman–Crippen MR) is 113 cm³/mol. The molecule has 8 nitrogen and oxygen atoms in total. The van der Waals surface area contributed by atoms with Crippen LogP contribution in [-0.2, 0) is 6.54 Å². The first kappa shape index (κ1) is 19.8. The van der Waals surface area contributed by atoms with Gasteiger partial charge >= 0.3 is 0 Å². The number of aromatic nitrogens is 3. The molecule has 0 aliphatic rings. The van der Waals surface area contributed by atoms with E-state index in [1.165, 1.54) is 12.4 Å². The zero-order valence-corrected chi connectivity index (χ0v) is 16.1. The predicted octanol–water partition coefficient (Wildman–Crippen LogP) is 3.27. The van der Waals surface area contributed by atoms with Crippen LogP contribution in [0.1, 0.15) is 23.0 Å². The van der Waals surface area contributed by atoms with Crippen LogP contribution < -0.4 is 21.1 Å². The molecule has 2 aromatic heterocycles. The van der Waals surface area contributed by atoms with E-state index in [-0.39, 0.29) is 11.6 Å². The van der Waals surface area contributed by atoms with E-state index in [1.54, 1.807) is 12.3 Å². The summed E-state index contributed by atoms with van der Waals surface area (Å²) < 4.78 is 5.38. The lowest BCUT2D eigenvalue weighted by Crippen LogP contribution is -2.14. The molecule has 0 saturated carbocycles. The Bertz CT molecular complexity index is 1000. The van der Waals surface area contributed by atoms with Crippen molar-refractivity contribution in [2.45, 2.75) is 13.5 Å². The van der Waals surface area contributed by atoms with Crippen LogP contribution >= 0.6 is 0 Å². The van der Waals surface area contributed by atoms with Gasteiger partial charge in [0.2, 0.25) is 5.88 Å². The van der Waals surface area contributed by atoms with Crippen LogP contribution in [0.2, 0.25) is 0 Å². The molecular formula is C21H22N6O2. The summed E-state index contributed by atoms with van der Waals surface area (Å²) in [4.78, 5) is 24.6. The molecule has 0 atom stereocenters. The van der Waals surface area contributed by atoms with Gasteiger partial charge in [-0.1, -0.05) is 18.7 Å². The molecule has 0 fully saturated rings. The average Bonchev–Trinajstić information content (AvgIpc) is 2.72. The summed E-state index contributed by atoms with van der Waals surface area (Å²) in [7, 11) is 0. The Morgan fingerprint density at radius 3 is 2.76 bits per heavy atom. The number of nitrogens with zero attached hydrogens (tertiary/aromatic N) is 3. The molecule has 29 heavy (non-hydrogen) atoms. The number of rotatable bonds is 8. The van der Waals surface area contributed by atoms with E-state index < -0.39 is 0 Å². The second-order valence-electron chi connectivity index (χ2n) is 6.43. The third kappa shape index (κ3) is 5.77. The highest BCUT2D eigenvalue weighted by molar-refractivity contribution is 6.02. The van der Waals surface area contributed by atoms with Crippen molar-refractivity contribution in [2.24, 2.45) is 0 Å². The van der Waals surface area contributed by atoms with E-state index in [0.717, 1.165) is 16.8 Å². The average molecular weight is 390 g/mol. The molecule has 148 valence electrons. The molecule has 3 aromatic rings. The Morgan fingerprint density at radius 2 is 2.03 bits per heavy atom. The van der Waals surface area contributed by atoms with E-state index in [9.17, 15) is 4.79 Å². The van der Waals surface area contributed by atoms with Crippen molar-refractivity contribution in [1.82, 2.24) is 15.0 Å². The van der Waals surface area contributed by atoms with Crippen molar-refractivity contribution in [3.05, 3.63) is 78.4 Å². The highest BCUT2D eigenvalue weighted by atomic mass is 16.5. The van der Waals surface area contributed by atoms with Crippen molar-refractivity contribution >= 4 is 23.1 Å². The van der Waals surface area contributed by atoms with Crippen molar-refractivity contribution in [2.75, 3.05) is 23.0 Å². The zero-order valence-electron chi connectivity index (χ0n) is 16.1. The lowest BCUT2D eigenvalue weighted by Gasteiger charge is -2.10. The van der Waals surface area contributed by atoms with Crippen molar-refractivity contribution in [3.63, 3.8) is 0 Å². The Labute approximate surface area is 168 Å². The third-order valence-corrected chi connectivity index (χ3v) is 3.83. The zero-order chi connectivity index (χ0) is 20.6. The van der Waals surface area contributed by atoms with Gasteiger partial charge in [-0.15, -0.1) is 0 Å². The minimum Gasteiger partial charge on any atom is -0.472 e. The summed E-state index contributed by atoms with van der Waals surface area (Å²) in [6.45, 7) is 6.49. The maximum Gasteiger partial charge on any atom is 0.275 e. The summed E-state index contributed by atoms with van der Waals surface area (Å²) >= 11 is 0. The number of benzene rings is 1. The first-order valence-electron chi connectivity index (χ1n) is 8.95. The first-order valence-corrected chi connectivity index (χ1v) is 8.95. The molecule has 8 heteroatoms. The number of ether oxygens (including phenoxy) is 1. The van der Waals surface area contributed by atoms with Crippen LogP contribution in [0.5, 0.6) is 5.88 Å². The molecule has 3 rings (SSSR count). The largest absolute Gasteiger partial charge is 0.472 e. The first-order chi connectivity index (χ1) is 14.0. The molecule has 1 amide bonds. The molecule has 0 bridgehead atoms. The van der Waals surface area contributed by atoms with Gasteiger partial charge < -0.3 is 21.1 Å². The van der Waals surface area contributed by atoms with Crippen LogP contribution in [-0.4, -0.2) is 27.5 Å². The van der Waals surface area contributed by atoms with E-state index in [2.05, 4.69) is 32.2 Å². The molecule has 1 aromatic carbocycles. The number of nitrogens with two attached hydrogens (primary N) is 1. The van der Waals surface area contributed by atoms with Crippen LogP contribution in [0.25, 0.3) is 0 Å². The number of pyridine rings is 1. The number of nitrogens with one attached hydrogen (secondary N) is 2. The van der Waals surface area contributed by atoms with Gasteiger partial charge in [-0.3, -0.25) is 4.79 Å². The molecule has 0 radical (unpaired) electrons. The number of nitrogen functional groups attached to an aromatic ring is 1. The van der Waals surface area contributed by atoms with Crippen LogP contribution in [0.3, 0.4) is 0 Å². The smallest absolute Gasteiger partial charge is 0.275 e. The summed E-state index contributed by atoms with van der Waals surface area (Å²) in [5.74, 6) is 0.420. The molecule has 0 aliphatic heterocycles. The van der Waals surface area contributed by atoms with Crippen molar-refractivity contribution in [1.29, 1.82) is 0 Å². The van der Waals surface area contributed by atoms with Gasteiger partial charge in [0.1, 0.15) is 18.1 Å². The SMILES string of the molecule is C=C(C)COc1cnc(C(=O)Nc2cccc(CNc3cccnc3N)c2)cn1. The fourth-order valence-corrected chi connectivity index (χ4v) is 2.42. The Kier molecular flexibility index (Phi) is 6.36. The minimum absolute atomic E-state index is 0.194. The lowest BCUT2D eigenvalue weighted by molar-refractivity contribution is 0.102. The van der Waals surface area contributed by atoms with Crippen LogP contribution in [0.4, 0.5) is 17.2 Å². The number of hydrogen-bond acceptors (Lipinski definition) is 7. The van der Waals surface area contributed by atoms with Gasteiger partial charge in [0.15, 0.2) is 0 Å². The molecule has 0 saturated heterocycles. The standard InChI is InChI=1S/C21H22N6O2/c1-14(2)13-29-19-12-25-18(11-26-19)21(28)27-16-6-3-5-15(9-16)10-24-17-7-4-8-23-20(17)22/h3-9,11-12,24H,1,10,13H2,2H3,(H2,22,23)(H,27,28). The third-order valence-electron chi connectivity index (χ3n) is 3.83. The van der Waals surface area contributed by atoms with Gasteiger partial charge in [0, 0.05) is 18.4 Å². The topological polar surface area (TPSA) is 115 Å². The highest BCUT2D eigenvalue weighted by Gasteiger charge is 2.09. The lowest BCUT2D eigenvalue weighted by atomic mass is 10.2. The minimum atomic E-state index is -0.356. The number of amides is 1. The molecule has 2 heterocycles. The Balaban J connectivity index is 1.60. The highest BCUT2D eigenvalue weighted by Crippen LogP contribution is 2.17. The maximum absolute atomic E-state index is 12.4. The number of carbonyl (C=O) groups is 1. The van der Waals surface area contributed by atoms with Gasteiger partial charge in [-0.25, -0.2) is 15.0 Å². The summed E-state index contributed by atoms with van der Waals surface area (Å²) in [5.41, 5.74) is 9.28. The summed E-state index contributed by atoms with van der Waals surface area (Å²) in [6, 6.07) is 11.1. The molecule has 0 unspecified atom stereocenters.